The van der Waals surface area contributed by atoms with E-state index in [9.17, 15) is 0 Å². The molecule has 1 N–H and O–H groups in total. The molecule has 4 heteroatoms. The Morgan fingerprint density at radius 3 is 2.86 bits per heavy atom. The first-order valence-electron chi connectivity index (χ1n) is 8.12. The van der Waals surface area contributed by atoms with Crippen LogP contribution in [0.2, 0.25) is 0 Å². The molecule has 0 bridgehead atoms. The van der Waals surface area contributed by atoms with Crippen LogP contribution in [0.3, 0.4) is 0 Å². The summed E-state index contributed by atoms with van der Waals surface area (Å²) in [5, 5.41) is 3.41. The molecule has 0 aromatic carbocycles. The molecule has 1 aliphatic heterocycles. The maximum atomic E-state index is 5.86. The average Bonchev–Trinajstić information content (AvgIpc) is 2.94. The highest BCUT2D eigenvalue weighted by molar-refractivity contribution is 5.20. The molecule has 120 valence electrons. The fraction of sp³-hybridized carbons (Fsp3) is 0.765. The number of hydrogen-bond donors (Lipinski definition) is 1. The molecule has 2 rings (SSSR count). The third-order valence-corrected chi connectivity index (χ3v) is 4.26. The smallest absolute Gasteiger partial charge is 0.118 e. The van der Waals surface area contributed by atoms with E-state index in [0.29, 0.717) is 6.04 Å². The molecule has 0 spiro atoms. The Labute approximate surface area is 129 Å². The van der Waals surface area contributed by atoms with Crippen molar-refractivity contribution in [2.45, 2.75) is 46.3 Å². The lowest BCUT2D eigenvalue weighted by atomic mass is 10.1. The SMILES string of the molecule is Cc1oc(CNC(C)C)cc1CN(C)CC1CCN(C)C1. The predicted molar refractivity (Wildman–Crippen MR) is 87.4 cm³/mol. The second-order valence-corrected chi connectivity index (χ2v) is 6.94. The van der Waals surface area contributed by atoms with Crippen LogP contribution in [0.15, 0.2) is 10.5 Å². The number of furan rings is 1. The minimum Gasteiger partial charge on any atom is -0.465 e. The van der Waals surface area contributed by atoms with E-state index < -0.39 is 0 Å². The minimum absolute atomic E-state index is 0.487. The topological polar surface area (TPSA) is 31.7 Å². The van der Waals surface area contributed by atoms with Gasteiger partial charge in [-0.2, -0.15) is 0 Å². The molecular formula is C17H31N3O. The molecule has 1 aliphatic rings. The van der Waals surface area contributed by atoms with Crippen LogP contribution in [0.4, 0.5) is 0 Å². The summed E-state index contributed by atoms with van der Waals surface area (Å²) in [6.07, 6.45) is 1.33. The number of nitrogens with zero attached hydrogens (tertiary/aromatic N) is 2. The third-order valence-electron chi connectivity index (χ3n) is 4.26. The molecule has 1 fully saturated rings. The molecular weight excluding hydrogens is 262 g/mol. The lowest BCUT2D eigenvalue weighted by Crippen LogP contribution is -2.27. The Morgan fingerprint density at radius 2 is 2.24 bits per heavy atom. The molecule has 0 aliphatic carbocycles. The van der Waals surface area contributed by atoms with Crippen molar-refractivity contribution in [1.82, 2.24) is 15.1 Å². The van der Waals surface area contributed by atoms with Crippen LogP contribution in [0.25, 0.3) is 0 Å². The van der Waals surface area contributed by atoms with Crippen LogP contribution in [0.1, 0.15) is 37.4 Å². The summed E-state index contributed by atoms with van der Waals surface area (Å²) in [4.78, 5) is 4.86. The van der Waals surface area contributed by atoms with Gasteiger partial charge in [-0.15, -0.1) is 0 Å². The Balaban J connectivity index is 1.84. The number of aryl methyl sites for hydroxylation is 1. The molecule has 0 radical (unpaired) electrons. The summed E-state index contributed by atoms with van der Waals surface area (Å²) in [5.74, 6) is 2.92. The second kappa shape index (κ2) is 7.43. The fourth-order valence-electron chi connectivity index (χ4n) is 3.11. The highest BCUT2D eigenvalue weighted by Gasteiger charge is 2.21. The lowest BCUT2D eigenvalue weighted by Gasteiger charge is -2.20. The van der Waals surface area contributed by atoms with Gasteiger partial charge in [0, 0.05) is 31.2 Å². The van der Waals surface area contributed by atoms with E-state index in [1.165, 1.54) is 31.6 Å². The van der Waals surface area contributed by atoms with Crippen molar-refractivity contribution in [3.63, 3.8) is 0 Å². The van der Waals surface area contributed by atoms with Gasteiger partial charge in [0.2, 0.25) is 0 Å². The summed E-state index contributed by atoms with van der Waals surface area (Å²) in [5.41, 5.74) is 1.32. The van der Waals surface area contributed by atoms with Crippen molar-refractivity contribution in [2.24, 2.45) is 5.92 Å². The van der Waals surface area contributed by atoms with Crippen molar-refractivity contribution in [2.75, 3.05) is 33.7 Å². The first-order valence-corrected chi connectivity index (χ1v) is 8.12. The second-order valence-electron chi connectivity index (χ2n) is 6.94. The van der Waals surface area contributed by atoms with Gasteiger partial charge in [-0.3, -0.25) is 0 Å². The lowest BCUT2D eigenvalue weighted by molar-refractivity contribution is 0.266. The van der Waals surface area contributed by atoms with E-state index in [-0.39, 0.29) is 0 Å². The summed E-state index contributed by atoms with van der Waals surface area (Å²) in [6, 6.07) is 2.70. The summed E-state index contributed by atoms with van der Waals surface area (Å²) < 4.78 is 5.86. The summed E-state index contributed by atoms with van der Waals surface area (Å²) in [7, 11) is 4.44. The van der Waals surface area contributed by atoms with Gasteiger partial charge in [0.25, 0.3) is 0 Å². The van der Waals surface area contributed by atoms with Crippen LogP contribution in [0, 0.1) is 12.8 Å². The van der Waals surface area contributed by atoms with Gasteiger partial charge < -0.3 is 19.5 Å². The standard InChI is InChI=1S/C17H31N3O/c1-13(2)18-9-17-8-16(14(3)21-17)12-20(5)11-15-6-7-19(4)10-15/h8,13,15,18H,6-7,9-12H2,1-5H3. The van der Waals surface area contributed by atoms with Gasteiger partial charge in [0.05, 0.1) is 6.54 Å². The normalized spacial score (nSPS) is 20.0. The van der Waals surface area contributed by atoms with Crippen molar-refractivity contribution >= 4 is 0 Å². The van der Waals surface area contributed by atoms with Crippen LogP contribution >= 0.6 is 0 Å². The molecule has 1 aromatic heterocycles. The van der Waals surface area contributed by atoms with Crippen molar-refractivity contribution in [3.8, 4) is 0 Å². The molecule has 1 aromatic rings. The first-order chi connectivity index (χ1) is 9.94. The summed E-state index contributed by atoms with van der Waals surface area (Å²) in [6.45, 7) is 11.8. The fourth-order valence-corrected chi connectivity index (χ4v) is 3.11. The number of hydrogen-bond acceptors (Lipinski definition) is 4. The van der Waals surface area contributed by atoms with Crippen molar-refractivity contribution in [3.05, 3.63) is 23.2 Å². The Kier molecular flexibility index (Phi) is 5.85. The molecule has 1 saturated heterocycles. The molecule has 1 atom stereocenters. The van der Waals surface area contributed by atoms with E-state index in [2.05, 4.69) is 56.0 Å². The van der Waals surface area contributed by atoms with E-state index in [0.717, 1.165) is 30.5 Å². The van der Waals surface area contributed by atoms with Gasteiger partial charge in [0.15, 0.2) is 0 Å². The zero-order chi connectivity index (χ0) is 15.4. The van der Waals surface area contributed by atoms with Crippen LogP contribution < -0.4 is 5.32 Å². The minimum atomic E-state index is 0.487. The van der Waals surface area contributed by atoms with Gasteiger partial charge in [-0.1, -0.05) is 13.8 Å². The molecule has 0 amide bonds. The maximum Gasteiger partial charge on any atom is 0.118 e. The Bertz CT molecular complexity index is 441. The monoisotopic (exact) mass is 293 g/mol. The molecule has 2 heterocycles. The Hall–Kier alpha value is -0.840. The quantitative estimate of drug-likeness (QED) is 0.837. The molecule has 21 heavy (non-hydrogen) atoms. The maximum absolute atomic E-state index is 5.86. The Morgan fingerprint density at radius 1 is 1.48 bits per heavy atom. The van der Waals surface area contributed by atoms with Crippen LogP contribution in [-0.4, -0.2) is 49.6 Å². The molecule has 0 saturated carbocycles. The zero-order valence-electron chi connectivity index (χ0n) is 14.3. The number of nitrogens with one attached hydrogen (secondary N) is 1. The van der Waals surface area contributed by atoms with Crippen LogP contribution in [0.5, 0.6) is 0 Å². The molecule has 1 unspecified atom stereocenters. The van der Waals surface area contributed by atoms with E-state index in [4.69, 9.17) is 4.42 Å². The van der Waals surface area contributed by atoms with Gasteiger partial charge in [-0.05, 0) is 46.0 Å². The van der Waals surface area contributed by atoms with E-state index >= 15 is 0 Å². The number of likely N-dealkylation sites (tertiary alicyclic amines) is 1. The van der Waals surface area contributed by atoms with Gasteiger partial charge >= 0.3 is 0 Å². The highest BCUT2D eigenvalue weighted by Crippen LogP contribution is 2.19. The predicted octanol–water partition coefficient (Wildman–Crippen LogP) is 2.47. The number of rotatable bonds is 7. The third kappa shape index (κ3) is 5.13. The van der Waals surface area contributed by atoms with Gasteiger partial charge in [0.1, 0.15) is 11.5 Å². The van der Waals surface area contributed by atoms with E-state index in [1.54, 1.807) is 0 Å². The van der Waals surface area contributed by atoms with Crippen LogP contribution in [-0.2, 0) is 13.1 Å². The largest absolute Gasteiger partial charge is 0.465 e. The van der Waals surface area contributed by atoms with Crippen molar-refractivity contribution < 1.29 is 4.42 Å². The molecule has 4 nitrogen and oxygen atoms in total. The zero-order valence-corrected chi connectivity index (χ0v) is 14.3. The highest BCUT2D eigenvalue weighted by atomic mass is 16.3. The summed E-state index contributed by atoms with van der Waals surface area (Å²) >= 11 is 0. The van der Waals surface area contributed by atoms with E-state index in [1.807, 2.05) is 0 Å². The average molecular weight is 293 g/mol. The van der Waals surface area contributed by atoms with Crippen molar-refractivity contribution in [1.29, 1.82) is 0 Å². The first kappa shape index (κ1) is 16.5. The van der Waals surface area contributed by atoms with Gasteiger partial charge in [-0.25, -0.2) is 0 Å².